The molecular weight excluding hydrogens is 408 g/mol. The quantitative estimate of drug-likeness (QED) is 0.207. The lowest BCUT2D eigenvalue weighted by Crippen LogP contribution is -2.12. The highest BCUT2D eigenvalue weighted by Crippen LogP contribution is 2.44. The molecule has 0 radical (unpaired) electrons. The molecule has 0 aromatic heterocycles. The van der Waals surface area contributed by atoms with E-state index in [1.807, 2.05) is 0 Å². The fourth-order valence-corrected chi connectivity index (χ4v) is 3.11. The molecule has 0 saturated heterocycles. The number of unbranched alkanes of at least 4 members (excludes halogenated alkanes) is 2. The largest absolute Gasteiger partial charge is 0.472 e. The summed E-state index contributed by atoms with van der Waals surface area (Å²) in [5, 5.41) is 0. The summed E-state index contributed by atoms with van der Waals surface area (Å²) in [5.74, 6) is 0.687. The minimum absolute atomic E-state index is 0. The summed E-state index contributed by atoms with van der Waals surface area (Å²) in [4.78, 5) is 9.77. The Kier molecular flexibility index (Phi) is 22.5. The van der Waals surface area contributed by atoms with Gasteiger partial charge in [0.05, 0.1) is 13.2 Å². The van der Waals surface area contributed by atoms with Gasteiger partial charge in [0.15, 0.2) is 0 Å². The maximum absolute atomic E-state index is 11.9. The summed E-state index contributed by atoms with van der Waals surface area (Å²) >= 11 is 0. The van der Waals surface area contributed by atoms with Crippen LogP contribution >= 0.6 is 7.82 Å². The van der Waals surface area contributed by atoms with Crippen molar-refractivity contribution in [3.63, 3.8) is 0 Å². The fourth-order valence-electron chi connectivity index (χ4n) is 2.23. The molecule has 0 aromatic carbocycles. The Morgan fingerprint density at radius 2 is 1.15 bits per heavy atom. The zero-order valence-electron chi connectivity index (χ0n) is 16.5. The summed E-state index contributed by atoms with van der Waals surface area (Å²) in [5.41, 5.74) is 0. The van der Waals surface area contributed by atoms with Gasteiger partial charge in [-0.25, -0.2) is 4.57 Å². The van der Waals surface area contributed by atoms with E-state index in [0.29, 0.717) is 25.0 Å². The van der Waals surface area contributed by atoms with Gasteiger partial charge in [-0.2, -0.15) is 8.42 Å². The zero-order valence-corrected chi connectivity index (χ0v) is 18.2. The summed E-state index contributed by atoms with van der Waals surface area (Å²) < 4.78 is 53.8. The molecule has 0 aliphatic rings. The molecule has 2 atom stereocenters. The molecule has 8 nitrogen and oxygen atoms in total. The van der Waals surface area contributed by atoms with E-state index >= 15 is 0 Å². The summed E-state index contributed by atoms with van der Waals surface area (Å²) in [6, 6.07) is 0. The van der Waals surface area contributed by atoms with Gasteiger partial charge in [0.25, 0.3) is 0 Å². The van der Waals surface area contributed by atoms with E-state index in [-0.39, 0.29) is 23.1 Å². The molecule has 164 valence electrons. The van der Waals surface area contributed by atoms with Crippen LogP contribution in [0.5, 0.6) is 0 Å². The lowest BCUT2D eigenvalue weighted by atomic mass is 10.0. The van der Waals surface area contributed by atoms with E-state index in [9.17, 15) is 9.46 Å². The van der Waals surface area contributed by atoms with Gasteiger partial charge in [-0.3, -0.25) is 18.2 Å². The van der Waals surface area contributed by atoms with Crippen molar-refractivity contribution in [2.24, 2.45) is 11.8 Å². The SMILES string of the molecule is CCCCC(CC)COP(=O)(O)OCC(CC)CCCC.O=S(=O)(O)O.[MgH2]. The van der Waals surface area contributed by atoms with Crippen molar-refractivity contribution in [3.8, 4) is 0 Å². The van der Waals surface area contributed by atoms with Gasteiger partial charge >= 0.3 is 41.3 Å². The molecule has 0 aromatic rings. The average Bonchev–Trinajstić information content (AvgIpc) is 2.53. The smallest absolute Gasteiger partial charge is 0.302 e. The predicted molar refractivity (Wildman–Crippen MR) is 111 cm³/mol. The van der Waals surface area contributed by atoms with Crippen LogP contribution in [-0.2, 0) is 24.0 Å². The first-order valence-electron chi connectivity index (χ1n) is 9.30. The van der Waals surface area contributed by atoms with E-state index in [2.05, 4.69) is 27.7 Å². The van der Waals surface area contributed by atoms with Crippen LogP contribution < -0.4 is 0 Å². The molecule has 0 aliphatic heterocycles. The Hall–Kier alpha value is 0.746. The highest BCUT2D eigenvalue weighted by atomic mass is 32.3. The van der Waals surface area contributed by atoms with Gasteiger partial charge in [0, 0.05) is 0 Å². The van der Waals surface area contributed by atoms with E-state index in [1.54, 1.807) is 0 Å². The third-order valence-electron chi connectivity index (χ3n) is 4.03. The second-order valence-corrected chi connectivity index (χ2v) is 8.69. The second-order valence-electron chi connectivity index (χ2n) is 6.34. The number of phosphoric acid groups is 1. The first-order valence-corrected chi connectivity index (χ1v) is 12.2. The lowest BCUT2D eigenvalue weighted by molar-refractivity contribution is 0.110. The fraction of sp³-hybridized carbons (Fsp3) is 1.00. The van der Waals surface area contributed by atoms with Crippen LogP contribution in [0, 0.1) is 11.8 Å². The van der Waals surface area contributed by atoms with Crippen LogP contribution in [0.4, 0.5) is 0 Å². The molecular formula is C16H39MgO8PS. The number of hydrogen-bond donors (Lipinski definition) is 3. The number of phosphoric ester groups is 1. The van der Waals surface area contributed by atoms with Gasteiger partial charge in [-0.15, -0.1) is 0 Å². The van der Waals surface area contributed by atoms with Crippen molar-refractivity contribution in [1.29, 1.82) is 0 Å². The van der Waals surface area contributed by atoms with Gasteiger partial charge < -0.3 is 4.89 Å². The molecule has 0 fully saturated rings. The molecule has 0 bridgehead atoms. The molecule has 0 rings (SSSR count). The lowest BCUT2D eigenvalue weighted by Gasteiger charge is -2.20. The van der Waals surface area contributed by atoms with Crippen LogP contribution in [0.25, 0.3) is 0 Å². The Labute approximate surface area is 181 Å². The minimum atomic E-state index is -4.67. The van der Waals surface area contributed by atoms with Crippen molar-refractivity contribution in [2.75, 3.05) is 13.2 Å². The second kappa shape index (κ2) is 18.8. The maximum Gasteiger partial charge on any atom is 0.472 e. The third-order valence-corrected chi connectivity index (χ3v) is 4.98. The van der Waals surface area contributed by atoms with E-state index in [1.165, 1.54) is 0 Å². The van der Waals surface area contributed by atoms with Gasteiger partial charge in [-0.1, -0.05) is 66.2 Å². The normalized spacial score (nSPS) is 15.7. The van der Waals surface area contributed by atoms with Crippen LogP contribution in [0.15, 0.2) is 0 Å². The molecule has 0 spiro atoms. The highest BCUT2D eigenvalue weighted by molar-refractivity contribution is 7.79. The Bertz CT molecular complexity index is 443. The van der Waals surface area contributed by atoms with E-state index < -0.39 is 18.2 Å². The molecule has 3 N–H and O–H groups in total. The average molecular weight is 447 g/mol. The van der Waals surface area contributed by atoms with Crippen molar-refractivity contribution < 1.29 is 36.0 Å². The van der Waals surface area contributed by atoms with Crippen LogP contribution in [0.2, 0.25) is 0 Å². The predicted octanol–water partition coefficient (Wildman–Crippen LogP) is 3.98. The van der Waals surface area contributed by atoms with Gasteiger partial charge in [0.2, 0.25) is 0 Å². The molecule has 2 unspecified atom stereocenters. The zero-order chi connectivity index (χ0) is 20.6. The molecule has 27 heavy (non-hydrogen) atoms. The standard InChI is InChI=1S/C16H35O4P.Mg.H2O4S.2H/c1-5-9-11-15(7-3)13-19-21(17,18)20-14-16(8-4)12-10-6-2;;1-5(2,3)4;;/h15-16H,5-14H2,1-4H3,(H,17,18);;(H2,1,2,3,4);;. The Balaban J connectivity index is -0.000000844. The van der Waals surface area contributed by atoms with Crippen LogP contribution in [0.3, 0.4) is 0 Å². The third kappa shape index (κ3) is 26.7. The summed E-state index contributed by atoms with van der Waals surface area (Å²) in [6.45, 7) is 9.10. The molecule has 11 heteroatoms. The topological polar surface area (TPSA) is 130 Å². The van der Waals surface area contributed by atoms with Crippen LogP contribution in [-0.4, -0.2) is 58.7 Å². The van der Waals surface area contributed by atoms with Gasteiger partial charge in [-0.05, 0) is 24.7 Å². The van der Waals surface area contributed by atoms with E-state index in [4.69, 9.17) is 26.6 Å². The monoisotopic (exact) mass is 446 g/mol. The molecule has 0 saturated carbocycles. The maximum atomic E-state index is 11.9. The Morgan fingerprint density at radius 1 is 0.852 bits per heavy atom. The number of rotatable bonds is 14. The summed E-state index contributed by atoms with van der Waals surface area (Å²) in [7, 11) is -8.56. The van der Waals surface area contributed by atoms with Crippen molar-refractivity contribution >= 4 is 41.3 Å². The molecule has 0 aliphatic carbocycles. The molecule has 0 amide bonds. The van der Waals surface area contributed by atoms with Crippen molar-refractivity contribution in [1.82, 2.24) is 0 Å². The first-order chi connectivity index (χ1) is 12.0. The summed E-state index contributed by atoms with van der Waals surface area (Å²) in [6.07, 6.45) is 8.56. The minimum Gasteiger partial charge on any atom is -0.302 e. The molecule has 0 heterocycles. The first kappa shape index (κ1) is 32.4. The van der Waals surface area contributed by atoms with Crippen LogP contribution in [0.1, 0.15) is 79.1 Å². The van der Waals surface area contributed by atoms with E-state index in [0.717, 1.165) is 51.4 Å². The van der Waals surface area contributed by atoms with Crippen molar-refractivity contribution in [2.45, 2.75) is 79.1 Å². The van der Waals surface area contributed by atoms with Gasteiger partial charge in [0.1, 0.15) is 0 Å². The number of hydrogen-bond acceptors (Lipinski definition) is 5. The highest BCUT2D eigenvalue weighted by Gasteiger charge is 2.24. The Morgan fingerprint density at radius 3 is 1.37 bits per heavy atom. The van der Waals surface area contributed by atoms with Crippen molar-refractivity contribution in [3.05, 3.63) is 0 Å².